The third-order valence-corrected chi connectivity index (χ3v) is 4.10. The molecular weight excluding hydrogens is 255 g/mol. The highest BCUT2D eigenvalue weighted by molar-refractivity contribution is 7.99. The molecule has 0 aromatic heterocycles. The van der Waals surface area contributed by atoms with E-state index < -0.39 is 17.0 Å². The maximum absolute atomic E-state index is 13.4. The first-order chi connectivity index (χ1) is 8.45. The average molecular weight is 272 g/mol. The van der Waals surface area contributed by atoms with Gasteiger partial charge in [-0.2, -0.15) is 0 Å². The van der Waals surface area contributed by atoms with E-state index in [2.05, 4.69) is 0 Å². The Morgan fingerprint density at radius 1 is 1.50 bits per heavy atom. The van der Waals surface area contributed by atoms with Crippen molar-refractivity contribution in [2.75, 3.05) is 7.11 Å². The summed E-state index contributed by atoms with van der Waals surface area (Å²) in [5, 5.41) is 8.57. The minimum Gasteiger partial charge on any atom is -0.494 e. The fourth-order valence-corrected chi connectivity index (χ4v) is 2.61. The number of carboxylic acid groups (broad SMARTS) is 1. The van der Waals surface area contributed by atoms with Gasteiger partial charge in [0.15, 0.2) is 11.6 Å². The average Bonchev–Trinajstić information content (AvgIpc) is 2.28. The molecule has 0 saturated carbocycles. The van der Waals surface area contributed by atoms with Crippen molar-refractivity contribution in [3.05, 3.63) is 29.6 Å². The second kappa shape index (κ2) is 6.64. The molecule has 0 aliphatic carbocycles. The lowest BCUT2D eigenvalue weighted by Crippen LogP contribution is -2.22. The van der Waals surface area contributed by atoms with Gasteiger partial charge in [-0.3, -0.25) is 4.79 Å². The van der Waals surface area contributed by atoms with E-state index in [0.717, 1.165) is 5.56 Å². The number of aliphatic carboxylic acids is 1. The maximum atomic E-state index is 13.4. The Morgan fingerprint density at radius 3 is 2.61 bits per heavy atom. The summed E-state index contributed by atoms with van der Waals surface area (Å²) in [7, 11) is 1.41. The second-order valence-electron chi connectivity index (χ2n) is 4.28. The highest BCUT2D eigenvalue weighted by Gasteiger charge is 2.21. The van der Waals surface area contributed by atoms with Crippen LogP contribution in [0.5, 0.6) is 5.75 Å². The van der Waals surface area contributed by atoms with E-state index in [1.807, 2.05) is 13.8 Å². The molecule has 1 unspecified atom stereocenters. The van der Waals surface area contributed by atoms with Gasteiger partial charge >= 0.3 is 5.97 Å². The number of thioether (sulfide) groups is 1. The van der Waals surface area contributed by atoms with Crippen LogP contribution in [0.3, 0.4) is 0 Å². The number of carbonyl (C=O) groups is 1. The van der Waals surface area contributed by atoms with Crippen molar-refractivity contribution >= 4 is 17.7 Å². The molecule has 1 aromatic carbocycles. The molecule has 100 valence electrons. The number of hydrogen-bond donors (Lipinski definition) is 1. The van der Waals surface area contributed by atoms with Crippen LogP contribution in [0.25, 0.3) is 0 Å². The van der Waals surface area contributed by atoms with E-state index in [4.69, 9.17) is 9.84 Å². The quantitative estimate of drug-likeness (QED) is 0.864. The molecule has 0 saturated heterocycles. The number of benzene rings is 1. The van der Waals surface area contributed by atoms with Crippen molar-refractivity contribution in [3.63, 3.8) is 0 Å². The Bertz CT molecular complexity index is 421. The predicted octanol–water partition coefficient (Wildman–Crippen LogP) is 3.18. The third-order valence-electron chi connectivity index (χ3n) is 2.49. The van der Waals surface area contributed by atoms with Crippen LogP contribution in [0.4, 0.5) is 4.39 Å². The van der Waals surface area contributed by atoms with Crippen LogP contribution in [-0.4, -0.2) is 23.4 Å². The smallest absolute Gasteiger partial charge is 0.316 e. The van der Waals surface area contributed by atoms with Gasteiger partial charge in [-0.05, 0) is 23.6 Å². The molecule has 0 amide bonds. The van der Waals surface area contributed by atoms with Gasteiger partial charge in [0, 0.05) is 5.75 Å². The Labute approximate surface area is 110 Å². The van der Waals surface area contributed by atoms with E-state index >= 15 is 0 Å². The number of halogens is 1. The van der Waals surface area contributed by atoms with Gasteiger partial charge in [-0.15, -0.1) is 11.8 Å². The van der Waals surface area contributed by atoms with Gasteiger partial charge in [0.2, 0.25) is 0 Å². The van der Waals surface area contributed by atoms with Crippen molar-refractivity contribution in [3.8, 4) is 5.75 Å². The van der Waals surface area contributed by atoms with E-state index in [9.17, 15) is 9.18 Å². The molecule has 1 atom stereocenters. The van der Waals surface area contributed by atoms with Crippen molar-refractivity contribution in [2.45, 2.75) is 24.9 Å². The van der Waals surface area contributed by atoms with Gasteiger partial charge in [0.05, 0.1) is 7.11 Å². The largest absolute Gasteiger partial charge is 0.494 e. The Morgan fingerprint density at radius 2 is 2.17 bits per heavy atom. The van der Waals surface area contributed by atoms with E-state index in [0.29, 0.717) is 5.75 Å². The summed E-state index contributed by atoms with van der Waals surface area (Å²) in [4.78, 5) is 11.0. The van der Waals surface area contributed by atoms with Crippen LogP contribution in [0, 0.1) is 11.7 Å². The number of methoxy groups -OCH3 is 1. The fraction of sp³-hybridized carbons (Fsp3) is 0.462. The van der Waals surface area contributed by atoms with Crippen LogP contribution in [0.1, 0.15) is 19.4 Å². The lowest BCUT2D eigenvalue weighted by Gasteiger charge is -2.15. The molecule has 0 bridgehead atoms. The fourth-order valence-electron chi connectivity index (χ4n) is 1.53. The molecular formula is C13H17FO3S. The first kappa shape index (κ1) is 14.8. The van der Waals surface area contributed by atoms with Gasteiger partial charge < -0.3 is 9.84 Å². The van der Waals surface area contributed by atoms with Crippen LogP contribution in [0.2, 0.25) is 0 Å². The van der Waals surface area contributed by atoms with Crippen LogP contribution >= 0.6 is 11.8 Å². The normalized spacial score (nSPS) is 12.5. The first-order valence-electron chi connectivity index (χ1n) is 5.62. The summed E-state index contributed by atoms with van der Waals surface area (Å²) in [5.41, 5.74) is 0.755. The molecule has 0 aliphatic heterocycles. The van der Waals surface area contributed by atoms with Gasteiger partial charge in [0.25, 0.3) is 0 Å². The zero-order chi connectivity index (χ0) is 13.7. The van der Waals surface area contributed by atoms with E-state index in [1.54, 1.807) is 12.1 Å². The summed E-state index contributed by atoms with van der Waals surface area (Å²) in [6, 6.07) is 4.68. The first-order valence-corrected chi connectivity index (χ1v) is 6.67. The van der Waals surface area contributed by atoms with Crippen LogP contribution < -0.4 is 4.74 Å². The third kappa shape index (κ3) is 3.91. The number of hydrogen-bond acceptors (Lipinski definition) is 3. The topological polar surface area (TPSA) is 46.5 Å². The van der Waals surface area contributed by atoms with Crippen molar-refractivity contribution in [1.82, 2.24) is 0 Å². The molecule has 0 fully saturated rings. The summed E-state index contributed by atoms with van der Waals surface area (Å²) < 4.78 is 18.3. The van der Waals surface area contributed by atoms with Crippen molar-refractivity contribution in [2.24, 2.45) is 5.92 Å². The Balaban J connectivity index is 2.68. The number of ether oxygens (including phenoxy) is 1. The van der Waals surface area contributed by atoms with Gasteiger partial charge in [-0.1, -0.05) is 19.9 Å². The summed E-state index contributed by atoms with van der Waals surface area (Å²) in [6.45, 7) is 3.72. The van der Waals surface area contributed by atoms with E-state index in [1.165, 1.54) is 24.9 Å². The van der Waals surface area contributed by atoms with Crippen LogP contribution in [-0.2, 0) is 10.5 Å². The summed E-state index contributed by atoms with van der Waals surface area (Å²) >= 11 is 1.31. The molecule has 1 N–H and O–H groups in total. The SMILES string of the molecule is COc1ccc(CSC(C(=O)O)C(C)C)cc1F. The molecule has 0 radical (unpaired) electrons. The highest BCUT2D eigenvalue weighted by atomic mass is 32.2. The molecule has 3 nitrogen and oxygen atoms in total. The number of carboxylic acids is 1. The lowest BCUT2D eigenvalue weighted by molar-refractivity contribution is -0.137. The standard InChI is InChI=1S/C13H17FO3S/c1-8(2)12(13(15)16)18-7-9-4-5-11(17-3)10(14)6-9/h4-6,8,12H,7H2,1-3H3,(H,15,16). The zero-order valence-electron chi connectivity index (χ0n) is 10.6. The minimum absolute atomic E-state index is 0.0376. The maximum Gasteiger partial charge on any atom is 0.316 e. The molecule has 5 heteroatoms. The van der Waals surface area contributed by atoms with Gasteiger partial charge in [0.1, 0.15) is 5.25 Å². The monoisotopic (exact) mass is 272 g/mol. The Kier molecular flexibility index (Phi) is 5.47. The van der Waals surface area contributed by atoms with Gasteiger partial charge in [-0.25, -0.2) is 4.39 Å². The number of rotatable bonds is 6. The molecule has 0 aliphatic rings. The zero-order valence-corrected chi connectivity index (χ0v) is 11.5. The highest BCUT2D eigenvalue weighted by Crippen LogP contribution is 2.26. The molecule has 1 aromatic rings. The summed E-state index contributed by atoms with van der Waals surface area (Å²) in [5.74, 6) is -0.551. The lowest BCUT2D eigenvalue weighted by atomic mass is 10.1. The Hall–Kier alpha value is -1.23. The minimum atomic E-state index is -0.830. The predicted molar refractivity (Wildman–Crippen MR) is 70.5 cm³/mol. The van der Waals surface area contributed by atoms with Crippen molar-refractivity contribution in [1.29, 1.82) is 0 Å². The van der Waals surface area contributed by atoms with E-state index in [-0.39, 0.29) is 11.7 Å². The van der Waals surface area contributed by atoms with Crippen LogP contribution in [0.15, 0.2) is 18.2 Å². The molecule has 0 heterocycles. The van der Waals surface area contributed by atoms with Crippen molar-refractivity contribution < 1.29 is 19.0 Å². The molecule has 18 heavy (non-hydrogen) atoms. The molecule has 0 spiro atoms. The molecule has 1 rings (SSSR count). The second-order valence-corrected chi connectivity index (χ2v) is 5.41. The summed E-state index contributed by atoms with van der Waals surface area (Å²) in [6.07, 6.45) is 0.